The number of nitriles is 1. The summed E-state index contributed by atoms with van der Waals surface area (Å²) in [4.78, 5) is 0. The van der Waals surface area contributed by atoms with Gasteiger partial charge in [-0.15, -0.1) is 0 Å². The van der Waals surface area contributed by atoms with Crippen LogP contribution in [-0.2, 0) is 10.0 Å². The van der Waals surface area contributed by atoms with Crippen molar-refractivity contribution in [1.82, 2.24) is 4.31 Å². The van der Waals surface area contributed by atoms with Gasteiger partial charge in [-0.25, -0.2) is 8.42 Å². The van der Waals surface area contributed by atoms with Crippen LogP contribution in [0.15, 0.2) is 0 Å². The normalized spacial score (nSPS) is 24.0. The standard InChI is InChI=1S/C9H16N2O2S/c1-8(2)9-4-3-6-11(9)14(12,13)7-5-10/h8-9H,3-4,6-7H2,1-2H3. The van der Waals surface area contributed by atoms with Gasteiger partial charge in [0.1, 0.15) is 0 Å². The molecular weight excluding hydrogens is 200 g/mol. The van der Waals surface area contributed by atoms with Crippen LogP contribution in [0.5, 0.6) is 0 Å². The van der Waals surface area contributed by atoms with Crippen LogP contribution in [-0.4, -0.2) is 31.1 Å². The van der Waals surface area contributed by atoms with Crippen LogP contribution in [0.3, 0.4) is 0 Å². The molecule has 1 atom stereocenters. The molecule has 0 bridgehead atoms. The third-order valence-corrected chi connectivity index (χ3v) is 4.28. The first kappa shape index (κ1) is 11.5. The highest BCUT2D eigenvalue weighted by Crippen LogP contribution is 2.26. The Morgan fingerprint density at radius 2 is 2.21 bits per heavy atom. The van der Waals surface area contributed by atoms with Crippen LogP contribution >= 0.6 is 0 Å². The predicted octanol–water partition coefficient (Wildman–Crippen LogP) is 0.960. The molecule has 0 N–H and O–H groups in total. The zero-order valence-corrected chi connectivity index (χ0v) is 9.42. The first-order chi connectivity index (χ1) is 6.49. The molecule has 0 aromatic rings. The lowest BCUT2D eigenvalue weighted by molar-refractivity contribution is 0.317. The summed E-state index contributed by atoms with van der Waals surface area (Å²) in [6, 6.07) is 1.81. The number of rotatable bonds is 3. The third kappa shape index (κ3) is 2.25. The van der Waals surface area contributed by atoms with Gasteiger partial charge in [0.15, 0.2) is 5.75 Å². The van der Waals surface area contributed by atoms with E-state index in [1.807, 2.05) is 13.8 Å². The van der Waals surface area contributed by atoms with Gasteiger partial charge in [-0.2, -0.15) is 9.57 Å². The van der Waals surface area contributed by atoms with Crippen molar-refractivity contribution in [1.29, 1.82) is 5.26 Å². The summed E-state index contributed by atoms with van der Waals surface area (Å²) in [7, 11) is -3.33. The van der Waals surface area contributed by atoms with Crippen molar-refractivity contribution in [2.45, 2.75) is 32.7 Å². The van der Waals surface area contributed by atoms with E-state index in [2.05, 4.69) is 0 Å². The molecule has 4 nitrogen and oxygen atoms in total. The average Bonchev–Trinajstić information content (AvgIpc) is 2.51. The van der Waals surface area contributed by atoms with Gasteiger partial charge in [0.05, 0.1) is 6.07 Å². The van der Waals surface area contributed by atoms with Crippen molar-refractivity contribution in [3.63, 3.8) is 0 Å². The molecule has 1 aliphatic rings. The molecule has 0 aromatic heterocycles. The van der Waals surface area contributed by atoms with E-state index in [1.54, 1.807) is 6.07 Å². The fourth-order valence-electron chi connectivity index (χ4n) is 1.94. The number of nitrogens with zero attached hydrogens (tertiary/aromatic N) is 2. The highest BCUT2D eigenvalue weighted by molar-refractivity contribution is 7.89. The maximum absolute atomic E-state index is 11.7. The minimum Gasteiger partial charge on any atom is -0.211 e. The van der Waals surface area contributed by atoms with E-state index in [9.17, 15) is 8.42 Å². The van der Waals surface area contributed by atoms with Crippen molar-refractivity contribution in [3.8, 4) is 6.07 Å². The molecule has 1 heterocycles. The van der Waals surface area contributed by atoms with Crippen molar-refractivity contribution >= 4 is 10.0 Å². The zero-order chi connectivity index (χ0) is 10.8. The Balaban J connectivity index is 2.83. The van der Waals surface area contributed by atoms with Gasteiger partial charge in [-0.05, 0) is 18.8 Å². The lowest BCUT2D eigenvalue weighted by Crippen LogP contribution is -2.39. The second kappa shape index (κ2) is 4.28. The highest BCUT2D eigenvalue weighted by atomic mass is 32.2. The quantitative estimate of drug-likeness (QED) is 0.706. The zero-order valence-electron chi connectivity index (χ0n) is 8.60. The maximum atomic E-state index is 11.7. The van der Waals surface area contributed by atoms with Gasteiger partial charge in [-0.3, -0.25) is 0 Å². The van der Waals surface area contributed by atoms with Gasteiger partial charge < -0.3 is 0 Å². The molecule has 0 aromatic carbocycles. The van der Waals surface area contributed by atoms with Crippen LogP contribution in [0.4, 0.5) is 0 Å². The van der Waals surface area contributed by atoms with Gasteiger partial charge >= 0.3 is 0 Å². The third-order valence-electron chi connectivity index (χ3n) is 2.62. The molecule has 1 unspecified atom stereocenters. The molecule has 0 amide bonds. The SMILES string of the molecule is CC(C)C1CCCN1S(=O)(=O)CC#N. The summed E-state index contributed by atoms with van der Waals surface area (Å²) in [5.74, 6) is -0.0677. The van der Waals surface area contributed by atoms with Gasteiger partial charge in [0, 0.05) is 12.6 Å². The Bertz CT molecular complexity index is 329. The Labute approximate surface area is 85.6 Å². The first-order valence-electron chi connectivity index (χ1n) is 4.85. The van der Waals surface area contributed by atoms with Crippen LogP contribution in [0.25, 0.3) is 0 Å². The first-order valence-corrected chi connectivity index (χ1v) is 6.46. The molecule has 1 saturated heterocycles. The van der Waals surface area contributed by atoms with Crippen LogP contribution in [0.1, 0.15) is 26.7 Å². The monoisotopic (exact) mass is 216 g/mol. The number of sulfonamides is 1. The minimum absolute atomic E-state index is 0.0911. The molecule has 1 aliphatic heterocycles. The molecule has 1 rings (SSSR count). The minimum atomic E-state index is -3.33. The van der Waals surface area contributed by atoms with E-state index in [-0.39, 0.29) is 6.04 Å². The molecule has 0 saturated carbocycles. The van der Waals surface area contributed by atoms with Crippen molar-refractivity contribution < 1.29 is 8.42 Å². The number of hydrogen-bond acceptors (Lipinski definition) is 3. The van der Waals surface area contributed by atoms with E-state index >= 15 is 0 Å². The van der Waals surface area contributed by atoms with Crippen molar-refractivity contribution in [2.24, 2.45) is 5.92 Å². The maximum Gasteiger partial charge on any atom is 0.227 e. The van der Waals surface area contributed by atoms with E-state index < -0.39 is 15.8 Å². The molecule has 1 fully saturated rings. The van der Waals surface area contributed by atoms with Gasteiger partial charge in [0.2, 0.25) is 10.0 Å². The summed E-state index contributed by atoms with van der Waals surface area (Å²) in [5, 5.41) is 8.43. The van der Waals surface area contributed by atoms with Crippen molar-refractivity contribution in [3.05, 3.63) is 0 Å². The Hall–Kier alpha value is -0.600. The van der Waals surface area contributed by atoms with Crippen LogP contribution in [0, 0.1) is 17.2 Å². The summed E-state index contributed by atoms with van der Waals surface area (Å²) >= 11 is 0. The molecule has 0 aliphatic carbocycles. The summed E-state index contributed by atoms with van der Waals surface area (Å²) in [6.07, 6.45) is 1.83. The highest BCUT2D eigenvalue weighted by Gasteiger charge is 2.35. The van der Waals surface area contributed by atoms with E-state index in [0.717, 1.165) is 12.8 Å². The Morgan fingerprint density at radius 3 is 2.71 bits per heavy atom. The summed E-state index contributed by atoms with van der Waals surface area (Å²) in [5.41, 5.74) is 0. The van der Waals surface area contributed by atoms with E-state index in [0.29, 0.717) is 12.5 Å². The largest absolute Gasteiger partial charge is 0.227 e. The van der Waals surface area contributed by atoms with E-state index in [1.165, 1.54) is 4.31 Å². The fourth-order valence-corrected chi connectivity index (χ4v) is 3.44. The molecule has 0 radical (unpaired) electrons. The molecule has 14 heavy (non-hydrogen) atoms. The lowest BCUT2D eigenvalue weighted by atomic mass is 10.0. The van der Waals surface area contributed by atoms with Crippen molar-refractivity contribution in [2.75, 3.05) is 12.3 Å². The van der Waals surface area contributed by atoms with E-state index in [4.69, 9.17) is 5.26 Å². The van der Waals surface area contributed by atoms with Gasteiger partial charge in [0.25, 0.3) is 0 Å². The Morgan fingerprint density at radius 1 is 1.57 bits per heavy atom. The van der Waals surface area contributed by atoms with Gasteiger partial charge in [-0.1, -0.05) is 13.8 Å². The summed E-state index contributed by atoms with van der Waals surface area (Å²) in [6.45, 7) is 4.61. The second-order valence-corrected chi connectivity index (χ2v) is 5.90. The fraction of sp³-hybridized carbons (Fsp3) is 0.889. The number of hydrogen-bond donors (Lipinski definition) is 0. The molecule has 0 spiro atoms. The predicted molar refractivity (Wildman–Crippen MR) is 54.0 cm³/mol. The summed E-state index contributed by atoms with van der Waals surface area (Å²) < 4.78 is 24.8. The topological polar surface area (TPSA) is 61.2 Å². The molecule has 80 valence electrons. The second-order valence-electron chi connectivity index (χ2n) is 3.98. The lowest BCUT2D eigenvalue weighted by Gasteiger charge is -2.25. The smallest absolute Gasteiger partial charge is 0.211 e. The van der Waals surface area contributed by atoms with Crippen LogP contribution in [0.2, 0.25) is 0 Å². The average molecular weight is 216 g/mol. The molecule has 5 heteroatoms. The Kier molecular flexibility index (Phi) is 3.51. The molecular formula is C9H16N2O2S. The van der Waals surface area contributed by atoms with Crippen LogP contribution < -0.4 is 0 Å².